The second-order valence-electron chi connectivity index (χ2n) is 9.19. The number of amides is 1. The first-order chi connectivity index (χ1) is 19.2. The van der Waals surface area contributed by atoms with Crippen LogP contribution >= 0.6 is 11.8 Å². The highest BCUT2D eigenvalue weighted by molar-refractivity contribution is 7.99. The van der Waals surface area contributed by atoms with E-state index in [4.69, 9.17) is 14.2 Å². The zero-order valence-electron chi connectivity index (χ0n) is 22.0. The lowest BCUT2D eigenvalue weighted by molar-refractivity contribution is -0.245. The number of aromatic nitrogens is 1. The molecular weight excluding hydrogens is 536 g/mol. The number of rotatable bonds is 10. The number of pyridine rings is 1. The number of nitrogens with one attached hydrogen (secondary N) is 1. The molecule has 10 nitrogen and oxygen atoms in total. The summed E-state index contributed by atoms with van der Waals surface area (Å²) in [6.45, 7) is 2.67. The molecule has 2 heterocycles. The van der Waals surface area contributed by atoms with E-state index in [0.29, 0.717) is 22.9 Å². The van der Waals surface area contributed by atoms with E-state index >= 15 is 0 Å². The van der Waals surface area contributed by atoms with Crippen molar-refractivity contribution in [2.45, 2.75) is 56.5 Å². The number of esters is 1. The third-order valence-electron chi connectivity index (χ3n) is 6.18. The van der Waals surface area contributed by atoms with Gasteiger partial charge in [0, 0.05) is 36.5 Å². The number of hydrogen-bond donors (Lipinski definition) is 3. The van der Waals surface area contributed by atoms with Crippen LogP contribution in [0.2, 0.25) is 0 Å². The smallest absolute Gasteiger partial charge is 0.338 e. The van der Waals surface area contributed by atoms with Crippen LogP contribution in [0.4, 0.5) is 5.69 Å². The minimum Gasteiger partial charge on any atom is -0.478 e. The molecule has 1 fully saturated rings. The van der Waals surface area contributed by atoms with Crippen molar-refractivity contribution in [2.24, 2.45) is 0 Å². The summed E-state index contributed by atoms with van der Waals surface area (Å²) in [5.41, 5.74) is 3.09. The van der Waals surface area contributed by atoms with Gasteiger partial charge >= 0.3 is 11.9 Å². The largest absolute Gasteiger partial charge is 0.478 e. The number of aromatic carboxylic acids is 1. The van der Waals surface area contributed by atoms with Gasteiger partial charge in [-0.2, -0.15) is 0 Å². The lowest BCUT2D eigenvalue weighted by atomic mass is 10.0. The fourth-order valence-corrected chi connectivity index (χ4v) is 5.14. The number of aliphatic hydroxyl groups excluding tert-OH is 1. The maximum Gasteiger partial charge on any atom is 0.338 e. The minimum atomic E-state index is -1.04. The van der Waals surface area contributed by atoms with Crippen LogP contribution in [0.15, 0.2) is 71.9 Å². The number of hydrogen-bond acceptors (Lipinski definition) is 9. The quantitative estimate of drug-likeness (QED) is 0.237. The van der Waals surface area contributed by atoms with Crippen molar-refractivity contribution in [3.05, 3.63) is 89.1 Å². The van der Waals surface area contributed by atoms with E-state index in [1.54, 1.807) is 36.5 Å². The molecule has 0 radical (unpaired) electrons. The molecule has 0 saturated carbocycles. The van der Waals surface area contributed by atoms with Crippen LogP contribution in [-0.4, -0.2) is 51.0 Å². The summed E-state index contributed by atoms with van der Waals surface area (Å²) in [6.07, 6.45) is -0.184. The summed E-state index contributed by atoms with van der Waals surface area (Å²) in [5.74, 6) is -1.59. The van der Waals surface area contributed by atoms with Crippen LogP contribution < -0.4 is 5.32 Å². The minimum absolute atomic E-state index is 0.0602. The number of anilines is 1. The van der Waals surface area contributed by atoms with Crippen molar-refractivity contribution in [3.8, 4) is 0 Å². The van der Waals surface area contributed by atoms with E-state index in [2.05, 4.69) is 10.3 Å². The van der Waals surface area contributed by atoms with Crippen LogP contribution in [0.1, 0.15) is 59.7 Å². The maximum atomic E-state index is 12.3. The third-order valence-corrected chi connectivity index (χ3v) is 7.32. The second-order valence-corrected chi connectivity index (χ2v) is 10.2. The Kier molecular flexibility index (Phi) is 9.88. The molecule has 1 aliphatic heterocycles. The summed E-state index contributed by atoms with van der Waals surface area (Å²) in [4.78, 5) is 39.2. The van der Waals surface area contributed by atoms with Gasteiger partial charge in [-0.05, 0) is 42.3 Å². The Hall–Kier alpha value is -3.77. The number of aliphatic hydroxyl groups is 1. The molecule has 2 aromatic carbocycles. The highest BCUT2D eigenvalue weighted by Crippen LogP contribution is 2.39. The number of thioether (sulfide) groups is 1. The molecule has 210 valence electrons. The molecule has 3 aromatic rings. The highest BCUT2D eigenvalue weighted by Gasteiger charge is 2.32. The average Bonchev–Trinajstić information content (AvgIpc) is 2.96. The number of carbonyl (C=O) groups is 3. The molecule has 4 unspecified atom stereocenters. The van der Waals surface area contributed by atoms with E-state index in [1.807, 2.05) is 24.3 Å². The first-order valence-electron chi connectivity index (χ1n) is 12.6. The predicted molar refractivity (Wildman–Crippen MR) is 147 cm³/mol. The van der Waals surface area contributed by atoms with Gasteiger partial charge in [0.1, 0.15) is 5.03 Å². The summed E-state index contributed by atoms with van der Waals surface area (Å²) in [6, 6.07) is 17.6. The summed E-state index contributed by atoms with van der Waals surface area (Å²) < 4.78 is 17.5. The Balaban J connectivity index is 1.50. The number of carboxylic acid groups (broad SMARTS) is 1. The number of carboxylic acids is 1. The fraction of sp³-hybridized carbons (Fsp3) is 0.310. The van der Waals surface area contributed by atoms with Gasteiger partial charge in [0.2, 0.25) is 0 Å². The molecule has 1 aromatic heterocycles. The molecule has 0 spiro atoms. The standard InChI is InChI=1S/C29H30N2O8S/c1-17(37-18(2)33)26(34)31-22-11-9-21(10-12-22)29-38-23(16-40-27-24(28(35)36)4-3-13-30-27)14-25(39-29)20-7-5-19(15-32)6-8-20/h3-13,17,23,25,29,32H,14-16H2,1-2H3,(H,31,34)(H,35,36). The van der Waals surface area contributed by atoms with Crippen LogP contribution in [0.25, 0.3) is 0 Å². The van der Waals surface area contributed by atoms with E-state index in [9.17, 15) is 24.6 Å². The molecule has 1 saturated heterocycles. The average molecular weight is 567 g/mol. The predicted octanol–water partition coefficient (Wildman–Crippen LogP) is 4.50. The van der Waals surface area contributed by atoms with Gasteiger partial charge in [-0.15, -0.1) is 11.8 Å². The van der Waals surface area contributed by atoms with Gasteiger partial charge in [-0.1, -0.05) is 36.4 Å². The highest BCUT2D eigenvalue weighted by atomic mass is 32.2. The molecule has 3 N–H and O–H groups in total. The summed E-state index contributed by atoms with van der Waals surface area (Å²) in [5, 5.41) is 22.0. The Morgan fingerprint density at radius 1 is 1.07 bits per heavy atom. The Morgan fingerprint density at radius 3 is 2.42 bits per heavy atom. The summed E-state index contributed by atoms with van der Waals surface area (Å²) >= 11 is 1.31. The van der Waals surface area contributed by atoms with Gasteiger partial charge in [-0.3, -0.25) is 9.59 Å². The molecule has 4 atom stereocenters. The van der Waals surface area contributed by atoms with Gasteiger partial charge < -0.3 is 29.7 Å². The Morgan fingerprint density at radius 2 is 1.77 bits per heavy atom. The van der Waals surface area contributed by atoms with Crippen molar-refractivity contribution >= 4 is 35.3 Å². The normalized spacial score (nSPS) is 19.4. The van der Waals surface area contributed by atoms with Gasteiger partial charge in [0.05, 0.1) is 24.4 Å². The third kappa shape index (κ3) is 7.66. The lowest BCUT2D eigenvalue weighted by Crippen LogP contribution is -2.31. The fourth-order valence-electron chi connectivity index (χ4n) is 4.13. The zero-order chi connectivity index (χ0) is 28.6. The van der Waals surface area contributed by atoms with E-state index in [-0.39, 0.29) is 24.4 Å². The Labute approximate surface area is 235 Å². The van der Waals surface area contributed by atoms with Gasteiger partial charge in [0.15, 0.2) is 12.4 Å². The molecule has 0 aliphatic carbocycles. The molecule has 1 aliphatic rings. The van der Waals surface area contributed by atoms with Crippen molar-refractivity contribution in [1.29, 1.82) is 0 Å². The molecule has 11 heteroatoms. The van der Waals surface area contributed by atoms with Crippen molar-refractivity contribution in [3.63, 3.8) is 0 Å². The van der Waals surface area contributed by atoms with Crippen molar-refractivity contribution in [1.82, 2.24) is 4.98 Å². The number of benzene rings is 2. The van der Waals surface area contributed by atoms with Crippen molar-refractivity contribution < 1.29 is 38.8 Å². The monoisotopic (exact) mass is 566 g/mol. The van der Waals surface area contributed by atoms with Gasteiger partial charge in [0.25, 0.3) is 5.91 Å². The summed E-state index contributed by atoms with van der Waals surface area (Å²) in [7, 11) is 0. The van der Waals surface area contributed by atoms with E-state index < -0.39 is 30.2 Å². The lowest BCUT2D eigenvalue weighted by Gasteiger charge is -2.36. The van der Waals surface area contributed by atoms with E-state index in [1.165, 1.54) is 31.7 Å². The first-order valence-corrected chi connectivity index (χ1v) is 13.6. The molecule has 0 bridgehead atoms. The zero-order valence-corrected chi connectivity index (χ0v) is 22.8. The topological polar surface area (TPSA) is 144 Å². The molecule has 40 heavy (non-hydrogen) atoms. The Bertz CT molecular complexity index is 1330. The van der Waals surface area contributed by atoms with Gasteiger partial charge in [-0.25, -0.2) is 9.78 Å². The second kappa shape index (κ2) is 13.5. The molecule has 1 amide bonds. The first kappa shape index (κ1) is 29.2. The van der Waals surface area contributed by atoms with E-state index in [0.717, 1.165) is 16.7 Å². The van der Waals surface area contributed by atoms with Crippen molar-refractivity contribution in [2.75, 3.05) is 11.1 Å². The number of nitrogens with zero attached hydrogens (tertiary/aromatic N) is 1. The van der Waals surface area contributed by atoms with Crippen LogP contribution in [0.5, 0.6) is 0 Å². The molecule has 4 rings (SSSR count). The van der Waals surface area contributed by atoms with Crippen LogP contribution in [0.3, 0.4) is 0 Å². The number of ether oxygens (including phenoxy) is 3. The maximum absolute atomic E-state index is 12.3. The van der Waals surface area contributed by atoms with Crippen LogP contribution in [0, 0.1) is 0 Å². The number of carbonyl (C=O) groups excluding carboxylic acids is 2. The SMILES string of the molecule is CC(=O)OC(C)C(=O)Nc1ccc(C2OC(CSc3ncccc3C(=O)O)CC(c3ccc(CO)cc3)O2)cc1. The molecular formula is C29H30N2O8S. The van der Waals surface area contributed by atoms with Crippen LogP contribution in [-0.2, 0) is 30.4 Å².